The van der Waals surface area contributed by atoms with Crippen molar-refractivity contribution < 1.29 is 14.3 Å². The summed E-state index contributed by atoms with van der Waals surface area (Å²) in [6.45, 7) is 1.78. The minimum absolute atomic E-state index is 0.0304. The van der Waals surface area contributed by atoms with Crippen molar-refractivity contribution in [3.63, 3.8) is 0 Å². The summed E-state index contributed by atoms with van der Waals surface area (Å²) in [4.78, 5) is 30.9. The molecule has 0 aromatic heterocycles. The molecule has 0 spiro atoms. The van der Waals surface area contributed by atoms with Crippen molar-refractivity contribution in [3.05, 3.63) is 45.6 Å². The third kappa shape index (κ3) is 2.83. The van der Waals surface area contributed by atoms with Crippen molar-refractivity contribution >= 4 is 44.7 Å². The highest BCUT2D eigenvalue weighted by molar-refractivity contribution is 9.10. The first-order valence-electron chi connectivity index (χ1n) is 7.11. The zero-order chi connectivity index (χ0) is 16.6. The van der Waals surface area contributed by atoms with Crippen LogP contribution in [0.2, 0.25) is 0 Å². The number of hydrogen-bond acceptors (Lipinski definition) is 5. The zero-order valence-corrected chi connectivity index (χ0v) is 15.1. The van der Waals surface area contributed by atoms with E-state index in [0.717, 1.165) is 10.0 Å². The highest BCUT2D eigenvalue weighted by Crippen LogP contribution is 2.42. The molecule has 1 saturated heterocycles. The maximum Gasteiger partial charge on any atom is 0.338 e. The number of nitrogens with zero attached hydrogens (tertiary/aromatic N) is 2. The van der Waals surface area contributed by atoms with E-state index in [1.165, 1.54) is 18.9 Å². The van der Waals surface area contributed by atoms with Gasteiger partial charge in [0.15, 0.2) is 5.17 Å². The van der Waals surface area contributed by atoms with Gasteiger partial charge in [0, 0.05) is 16.6 Å². The average Bonchev–Trinajstić information content (AvgIpc) is 2.54. The summed E-state index contributed by atoms with van der Waals surface area (Å²) in [5, 5.41) is 0.646. The second-order valence-electron chi connectivity index (χ2n) is 5.17. The number of fused-ring (bicyclic) bond motifs is 1. The van der Waals surface area contributed by atoms with E-state index in [4.69, 9.17) is 4.74 Å². The lowest BCUT2D eigenvalue weighted by atomic mass is 9.94. The first-order chi connectivity index (χ1) is 11.0. The molecular weight excluding hydrogens is 380 g/mol. The van der Waals surface area contributed by atoms with E-state index >= 15 is 0 Å². The molecule has 0 bridgehead atoms. The molecule has 2 heterocycles. The molecule has 0 radical (unpaired) electrons. The molecule has 3 rings (SSSR count). The Morgan fingerprint density at radius 3 is 2.87 bits per heavy atom. The number of ether oxygens (including phenoxy) is 1. The topological polar surface area (TPSA) is 59.0 Å². The zero-order valence-electron chi connectivity index (χ0n) is 12.7. The van der Waals surface area contributed by atoms with Crippen molar-refractivity contribution in [2.45, 2.75) is 19.4 Å². The van der Waals surface area contributed by atoms with Crippen LogP contribution in [0.5, 0.6) is 0 Å². The van der Waals surface area contributed by atoms with E-state index in [-0.39, 0.29) is 5.91 Å². The summed E-state index contributed by atoms with van der Waals surface area (Å²) < 4.78 is 5.78. The first-order valence-corrected chi connectivity index (χ1v) is 8.89. The molecule has 1 aromatic rings. The number of methoxy groups -OCH3 is 1. The minimum atomic E-state index is -0.522. The molecule has 7 heteroatoms. The molecule has 0 aliphatic carbocycles. The number of carbonyl (C=O) groups is 2. The maximum atomic E-state index is 12.5. The molecule has 1 aromatic carbocycles. The van der Waals surface area contributed by atoms with Crippen molar-refractivity contribution in [2.75, 3.05) is 12.9 Å². The molecule has 2 aliphatic heterocycles. The third-order valence-corrected chi connectivity index (χ3v) is 5.49. The fourth-order valence-corrected chi connectivity index (χ4v) is 4.27. The lowest BCUT2D eigenvalue weighted by Crippen LogP contribution is -2.45. The average molecular weight is 395 g/mol. The van der Waals surface area contributed by atoms with E-state index in [0.29, 0.717) is 28.6 Å². The van der Waals surface area contributed by atoms with Gasteiger partial charge < -0.3 is 4.74 Å². The number of esters is 1. The fraction of sp³-hybridized carbons (Fsp3) is 0.312. The molecule has 1 amide bonds. The number of rotatable bonds is 2. The van der Waals surface area contributed by atoms with Gasteiger partial charge in [-0.2, -0.15) is 0 Å². The van der Waals surface area contributed by atoms with Gasteiger partial charge in [0.2, 0.25) is 5.91 Å². The standard InChI is InChI=1S/C16H15BrN2O3S/c1-9-13(15(21)22-2)14(10-5-3-4-6-11(10)17)19-12(20)7-8-23-16(19)18-9/h3-6,14H,7-8H2,1-2H3. The lowest BCUT2D eigenvalue weighted by Gasteiger charge is -2.39. The van der Waals surface area contributed by atoms with Crippen LogP contribution in [0.25, 0.3) is 0 Å². The number of carbonyl (C=O) groups excluding carboxylic acids is 2. The molecule has 23 heavy (non-hydrogen) atoms. The van der Waals surface area contributed by atoms with Crippen molar-refractivity contribution in [1.82, 2.24) is 4.90 Å². The van der Waals surface area contributed by atoms with Crippen LogP contribution in [0, 0.1) is 0 Å². The first kappa shape index (κ1) is 16.3. The molecule has 120 valence electrons. The Morgan fingerprint density at radius 1 is 1.43 bits per heavy atom. The van der Waals surface area contributed by atoms with Gasteiger partial charge in [0.1, 0.15) is 0 Å². The van der Waals surface area contributed by atoms with Gasteiger partial charge >= 0.3 is 5.97 Å². The van der Waals surface area contributed by atoms with Gasteiger partial charge in [-0.3, -0.25) is 9.69 Å². The number of halogens is 1. The van der Waals surface area contributed by atoms with Crippen LogP contribution >= 0.6 is 27.7 Å². The number of aliphatic imine (C=N–C) groups is 1. The summed E-state index contributed by atoms with van der Waals surface area (Å²) in [5.41, 5.74) is 1.83. The Morgan fingerprint density at radius 2 is 2.17 bits per heavy atom. The summed E-state index contributed by atoms with van der Waals surface area (Å²) in [6, 6.07) is 7.06. The third-order valence-electron chi connectivity index (χ3n) is 3.81. The Labute approximate surface area is 146 Å². The van der Waals surface area contributed by atoms with Crippen molar-refractivity contribution in [2.24, 2.45) is 4.99 Å². The van der Waals surface area contributed by atoms with Gasteiger partial charge in [0.05, 0.1) is 24.4 Å². The van der Waals surface area contributed by atoms with Gasteiger partial charge in [-0.15, -0.1) is 0 Å². The molecular formula is C16H15BrN2O3S. The van der Waals surface area contributed by atoms with Gasteiger partial charge in [-0.25, -0.2) is 9.79 Å². The second kappa shape index (κ2) is 6.49. The minimum Gasteiger partial charge on any atom is -0.466 e. The van der Waals surface area contributed by atoms with Crippen LogP contribution in [-0.4, -0.2) is 34.8 Å². The summed E-state index contributed by atoms with van der Waals surface area (Å²) in [5.74, 6) is 0.212. The lowest BCUT2D eigenvalue weighted by molar-refractivity contribution is -0.137. The number of allylic oxidation sites excluding steroid dienone is 1. The van der Waals surface area contributed by atoms with Crippen LogP contribution in [-0.2, 0) is 14.3 Å². The van der Waals surface area contributed by atoms with Crippen molar-refractivity contribution in [1.29, 1.82) is 0 Å². The number of thioether (sulfide) groups is 1. The normalized spacial score (nSPS) is 21.0. The van der Waals surface area contributed by atoms with Crippen LogP contribution in [0.4, 0.5) is 0 Å². The van der Waals surface area contributed by atoms with Crippen molar-refractivity contribution in [3.8, 4) is 0 Å². The van der Waals surface area contributed by atoms with Gasteiger partial charge in [-0.05, 0) is 18.6 Å². The molecule has 1 unspecified atom stereocenters. The summed E-state index contributed by atoms with van der Waals surface area (Å²) in [7, 11) is 1.34. The Hall–Kier alpha value is -1.60. The number of amidine groups is 1. The molecule has 1 fully saturated rings. The maximum absolute atomic E-state index is 12.5. The summed E-state index contributed by atoms with van der Waals surface area (Å²) in [6.07, 6.45) is 0.429. The summed E-state index contributed by atoms with van der Waals surface area (Å²) >= 11 is 5.06. The predicted octanol–water partition coefficient (Wildman–Crippen LogP) is 3.27. The number of hydrogen-bond donors (Lipinski definition) is 0. The Kier molecular flexibility index (Phi) is 4.59. The number of amides is 1. The van der Waals surface area contributed by atoms with Gasteiger partial charge in [0.25, 0.3) is 0 Å². The quantitative estimate of drug-likeness (QED) is 0.722. The molecule has 5 nitrogen and oxygen atoms in total. The molecule has 2 aliphatic rings. The van der Waals surface area contributed by atoms with E-state index in [9.17, 15) is 9.59 Å². The van der Waals surface area contributed by atoms with E-state index in [1.807, 2.05) is 24.3 Å². The van der Waals surface area contributed by atoms with Crippen LogP contribution in [0.3, 0.4) is 0 Å². The largest absolute Gasteiger partial charge is 0.466 e. The van der Waals surface area contributed by atoms with E-state index in [1.54, 1.807) is 11.8 Å². The SMILES string of the molecule is COC(=O)C1=C(C)N=C2SCCC(=O)N2C1c1ccccc1Br. The number of benzene rings is 1. The molecule has 0 saturated carbocycles. The Bertz CT molecular complexity index is 745. The molecule has 0 N–H and O–H groups in total. The van der Waals surface area contributed by atoms with Crippen LogP contribution < -0.4 is 0 Å². The Balaban J connectivity index is 2.22. The fourth-order valence-electron chi connectivity index (χ4n) is 2.76. The van der Waals surface area contributed by atoms with Crippen LogP contribution in [0.15, 0.2) is 45.0 Å². The molecule has 1 atom stereocenters. The monoisotopic (exact) mass is 394 g/mol. The smallest absolute Gasteiger partial charge is 0.338 e. The van der Waals surface area contributed by atoms with Gasteiger partial charge in [-0.1, -0.05) is 45.9 Å². The predicted molar refractivity (Wildman–Crippen MR) is 93.0 cm³/mol. The van der Waals surface area contributed by atoms with Crippen LogP contribution in [0.1, 0.15) is 24.9 Å². The van der Waals surface area contributed by atoms with E-state index in [2.05, 4.69) is 20.9 Å². The highest BCUT2D eigenvalue weighted by Gasteiger charge is 2.42. The highest BCUT2D eigenvalue weighted by atomic mass is 79.9. The second-order valence-corrected chi connectivity index (χ2v) is 7.09. The van der Waals surface area contributed by atoms with E-state index < -0.39 is 12.0 Å².